The number of carbonyl (C=O) groups excluding carboxylic acids is 1. The van der Waals surface area contributed by atoms with Crippen molar-refractivity contribution in [1.29, 1.82) is 0 Å². The lowest BCUT2D eigenvalue weighted by atomic mass is 9.81. The molecule has 2 atom stereocenters. The standard InChI is InChI=1S/C16H21N3O4/c1-10-4-13(23-17-10)7-18-5-12-6-19(14(20)11-2-3-11)9-16(12,8-18)15(21)22/h4,11-12H,2-3,5-9H2,1H3,(H,21,22)/t12-,16-/m1/s1. The van der Waals surface area contributed by atoms with Crippen LogP contribution in [0.25, 0.3) is 0 Å². The maximum Gasteiger partial charge on any atom is 0.313 e. The Morgan fingerprint density at radius 3 is 2.74 bits per heavy atom. The molecule has 0 radical (unpaired) electrons. The van der Waals surface area contributed by atoms with Crippen LogP contribution in [0.2, 0.25) is 0 Å². The van der Waals surface area contributed by atoms with Gasteiger partial charge in [0.1, 0.15) is 5.41 Å². The number of hydrogen-bond donors (Lipinski definition) is 1. The van der Waals surface area contributed by atoms with Crippen LogP contribution in [0.1, 0.15) is 24.3 Å². The van der Waals surface area contributed by atoms with Gasteiger partial charge in [-0.3, -0.25) is 14.5 Å². The molecule has 3 fully saturated rings. The fourth-order valence-electron chi connectivity index (χ4n) is 4.06. The lowest BCUT2D eigenvalue weighted by Crippen LogP contribution is -2.42. The van der Waals surface area contributed by atoms with E-state index in [-0.39, 0.29) is 17.7 Å². The van der Waals surface area contributed by atoms with Gasteiger partial charge < -0.3 is 14.5 Å². The van der Waals surface area contributed by atoms with E-state index < -0.39 is 11.4 Å². The Labute approximate surface area is 134 Å². The van der Waals surface area contributed by atoms with Gasteiger partial charge in [0.2, 0.25) is 5.91 Å². The smallest absolute Gasteiger partial charge is 0.313 e. The first kappa shape index (κ1) is 14.7. The van der Waals surface area contributed by atoms with E-state index in [9.17, 15) is 14.7 Å². The van der Waals surface area contributed by atoms with Gasteiger partial charge in [0.15, 0.2) is 5.76 Å². The van der Waals surface area contributed by atoms with Crippen molar-refractivity contribution in [2.45, 2.75) is 26.3 Å². The van der Waals surface area contributed by atoms with Crippen LogP contribution in [0, 0.1) is 24.2 Å². The van der Waals surface area contributed by atoms with Crippen molar-refractivity contribution in [3.8, 4) is 0 Å². The van der Waals surface area contributed by atoms with Gasteiger partial charge in [-0.15, -0.1) is 0 Å². The molecule has 1 N–H and O–H groups in total. The second-order valence-corrected chi connectivity index (χ2v) is 7.26. The molecule has 7 nitrogen and oxygen atoms in total. The van der Waals surface area contributed by atoms with Crippen LogP contribution in [0.3, 0.4) is 0 Å². The molecule has 1 aromatic heterocycles. The minimum absolute atomic E-state index is 0.00767. The molecule has 2 aliphatic heterocycles. The maximum absolute atomic E-state index is 12.3. The number of hydrogen-bond acceptors (Lipinski definition) is 5. The lowest BCUT2D eigenvalue weighted by Gasteiger charge is -2.25. The molecule has 7 heteroatoms. The number of amides is 1. The van der Waals surface area contributed by atoms with E-state index in [1.54, 1.807) is 4.90 Å². The van der Waals surface area contributed by atoms with Gasteiger partial charge in [-0.1, -0.05) is 5.16 Å². The summed E-state index contributed by atoms with van der Waals surface area (Å²) >= 11 is 0. The first-order valence-corrected chi connectivity index (χ1v) is 8.15. The van der Waals surface area contributed by atoms with Crippen LogP contribution in [-0.2, 0) is 16.1 Å². The number of carboxylic acids is 1. The number of likely N-dealkylation sites (tertiary alicyclic amines) is 2. The quantitative estimate of drug-likeness (QED) is 0.881. The molecular formula is C16H21N3O4. The van der Waals surface area contributed by atoms with Crippen LogP contribution in [-0.4, -0.2) is 58.1 Å². The van der Waals surface area contributed by atoms with Crippen LogP contribution in [0.5, 0.6) is 0 Å². The Kier molecular flexibility index (Phi) is 3.23. The number of aliphatic carboxylic acids is 1. The molecule has 2 saturated heterocycles. The minimum Gasteiger partial charge on any atom is -0.481 e. The third-order valence-corrected chi connectivity index (χ3v) is 5.40. The Morgan fingerprint density at radius 2 is 2.17 bits per heavy atom. The summed E-state index contributed by atoms with van der Waals surface area (Å²) in [7, 11) is 0. The molecule has 0 aromatic carbocycles. The largest absolute Gasteiger partial charge is 0.481 e. The highest BCUT2D eigenvalue weighted by molar-refractivity contribution is 5.84. The molecule has 0 bridgehead atoms. The summed E-state index contributed by atoms with van der Waals surface area (Å²) in [5.41, 5.74) is -0.00636. The number of aromatic nitrogens is 1. The van der Waals surface area contributed by atoms with Crippen LogP contribution in [0.4, 0.5) is 0 Å². The molecule has 4 rings (SSSR count). The summed E-state index contributed by atoms with van der Waals surface area (Å²) in [5, 5.41) is 13.7. The average Bonchev–Trinajstić information content (AvgIpc) is 3.04. The number of fused-ring (bicyclic) bond motifs is 1. The lowest BCUT2D eigenvalue weighted by molar-refractivity contribution is -0.149. The maximum atomic E-state index is 12.3. The highest BCUT2D eigenvalue weighted by Gasteiger charge is 2.59. The number of carboxylic acid groups (broad SMARTS) is 1. The second kappa shape index (κ2) is 5.06. The summed E-state index contributed by atoms with van der Waals surface area (Å²) in [6.07, 6.45) is 1.91. The fourth-order valence-corrected chi connectivity index (χ4v) is 4.06. The molecule has 0 spiro atoms. The van der Waals surface area contributed by atoms with Gasteiger partial charge in [0.25, 0.3) is 0 Å². The van der Waals surface area contributed by atoms with Gasteiger partial charge in [-0.2, -0.15) is 0 Å². The molecule has 1 saturated carbocycles. The van der Waals surface area contributed by atoms with E-state index in [1.165, 1.54) is 0 Å². The molecule has 0 unspecified atom stereocenters. The fraction of sp³-hybridized carbons (Fsp3) is 0.688. The van der Waals surface area contributed by atoms with Crippen LogP contribution < -0.4 is 0 Å². The molecule has 1 aromatic rings. The first-order chi connectivity index (χ1) is 11.0. The summed E-state index contributed by atoms with van der Waals surface area (Å²) in [6, 6.07) is 1.88. The van der Waals surface area contributed by atoms with Crippen molar-refractivity contribution in [3.05, 3.63) is 17.5 Å². The molecule has 1 amide bonds. The zero-order chi connectivity index (χ0) is 16.2. The summed E-state index contributed by atoms with van der Waals surface area (Å²) in [4.78, 5) is 28.1. The third kappa shape index (κ3) is 2.43. The zero-order valence-corrected chi connectivity index (χ0v) is 13.2. The van der Waals surface area contributed by atoms with Crippen molar-refractivity contribution >= 4 is 11.9 Å². The average molecular weight is 319 g/mol. The Bertz CT molecular complexity index is 654. The second-order valence-electron chi connectivity index (χ2n) is 7.26. The van der Waals surface area contributed by atoms with Crippen molar-refractivity contribution < 1.29 is 19.2 Å². The van der Waals surface area contributed by atoms with E-state index in [0.29, 0.717) is 32.7 Å². The van der Waals surface area contributed by atoms with Gasteiger partial charge in [-0.05, 0) is 19.8 Å². The van der Waals surface area contributed by atoms with E-state index in [4.69, 9.17) is 4.52 Å². The van der Waals surface area contributed by atoms with E-state index in [1.807, 2.05) is 13.0 Å². The van der Waals surface area contributed by atoms with Gasteiger partial charge >= 0.3 is 5.97 Å². The summed E-state index contributed by atoms with van der Waals surface area (Å²) < 4.78 is 5.24. The molecule has 23 heavy (non-hydrogen) atoms. The highest BCUT2D eigenvalue weighted by Crippen LogP contribution is 2.45. The zero-order valence-electron chi connectivity index (χ0n) is 13.2. The monoisotopic (exact) mass is 319 g/mol. The van der Waals surface area contributed by atoms with Gasteiger partial charge in [0.05, 0.1) is 12.2 Å². The predicted octanol–water partition coefficient (Wildman–Crippen LogP) is 0.738. The van der Waals surface area contributed by atoms with E-state index in [0.717, 1.165) is 24.3 Å². The van der Waals surface area contributed by atoms with Gasteiger partial charge in [0, 0.05) is 44.1 Å². The first-order valence-electron chi connectivity index (χ1n) is 8.15. The molecular weight excluding hydrogens is 298 g/mol. The van der Waals surface area contributed by atoms with E-state index >= 15 is 0 Å². The Balaban J connectivity index is 1.48. The number of rotatable bonds is 4. The molecule has 124 valence electrons. The number of aryl methyl sites for hydroxylation is 1. The minimum atomic E-state index is -0.834. The third-order valence-electron chi connectivity index (χ3n) is 5.40. The van der Waals surface area contributed by atoms with Crippen molar-refractivity contribution in [2.24, 2.45) is 17.3 Å². The Hall–Kier alpha value is -1.89. The molecule has 3 heterocycles. The number of carbonyl (C=O) groups is 2. The topological polar surface area (TPSA) is 86.9 Å². The summed E-state index contributed by atoms with van der Waals surface area (Å²) in [5.74, 6) is 0.260. The van der Waals surface area contributed by atoms with Crippen molar-refractivity contribution in [3.63, 3.8) is 0 Å². The van der Waals surface area contributed by atoms with Crippen molar-refractivity contribution in [1.82, 2.24) is 15.0 Å². The number of nitrogens with zero attached hydrogens (tertiary/aromatic N) is 3. The van der Waals surface area contributed by atoms with Crippen LogP contribution in [0.15, 0.2) is 10.6 Å². The summed E-state index contributed by atoms with van der Waals surface area (Å²) in [6.45, 7) is 4.48. The molecule has 3 aliphatic rings. The van der Waals surface area contributed by atoms with Crippen molar-refractivity contribution in [2.75, 3.05) is 26.2 Å². The predicted molar refractivity (Wildman–Crippen MR) is 79.4 cm³/mol. The SMILES string of the molecule is Cc1cc(CN2C[C@@H]3CN(C(=O)C4CC4)C[C@]3(C(=O)O)C2)on1. The normalized spacial score (nSPS) is 30.7. The molecule has 1 aliphatic carbocycles. The highest BCUT2D eigenvalue weighted by atomic mass is 16.5. The van der Waals surface area contributed by atoms with E-state index in [2.05, 4.69) is 10.1 Å². The van der Waals surface area contributed by atoms with Crippen LogP contribution >= 0.6 is 0 Å². The van der Waals surface area contributed by atoms with Gasteiger partial charge in [-0.25, -0.2) is 0 Å². The Morgan fingerprint density at radius 1 is 1.39 bits per heavy atom.